The van der Waals surface area contributed by atoms with Crippen LogP contribution in [0.5, 0.6) is 0 Å². The second kappa shape index (κ2) is 5.46. The Bertz CT molecular complexity index is 1080. The van der Waals surface area contributed by atoms with Gasteiger partial charge in [-0.2, -0.15) is 5.26 Å². The van der Waals surface area contributed by atoms with Gasteiger partial charge in [0.2, 0.25) is 0 Å². The summed E-state index contributed by atoms with van der Waals surface area (Å²) in [5, 5.41) is 11.9. The number of nitriles is 1. The Hall–Kier alpha value is -3.12. The minimum absolute atomic E-state index is 0.125. The Morgan fingerprint density at radius 2 is 1.44 bits per heavy atom. The van der Waals surface area contributed by atoms with Gasteiger partial charge in [0.05, 0.1) is 22.7 Å². The molecular weight excluding hydrogens is 306 g/mol. The van der Waals surface area contributed by atoms with Crippen LogP contribution in [0.1, 0.15) is 32.0 Å². The molecule has 0 bridgehead atoms. The maximum absolute atomic E-state index is 9.49. The number of hydrogen-bond donors (Lipinski definition) is 0. The van der Waals surface area contributed by atoms with Crippen molar-refractivity contribution in [1.29, 1.82) is 5.26 Å². The number of rotatable bonds is 1. The van der Waals surface area contributed by atoms with Crippen LogP contribution in [0.2, 0.25) is 0 Å². The Balaban J connectivity index is 2.13. The summed E-state index contributed by atoms with van der Waals surface area (Å²) >= 11 is 0. The second-order valence-electron chi connectivity index (χ2n) is 7.33. The van der Waals surface area contributed by atoms with Gasteiger partial charge < -0.3 is 0 Å². The molecule has 0 radical (unpaired) electrons. The van der Waals surface area contributed by atoms with Gasteiger partial charge >= 0.3 is 0 Å². The van der Waals surface area contributed by atoms with Crippen LogP contribution >= 0.6 is 0 Å². The van der Waals surface area contributed by atoms with E-state index in [4.69, 9.17) is 4.98 Å². The summed E-state index contributed by atoms with van der Waals surface area (Å²) in [4.78, 5) is 4.91. The minimum Gasteiger partial charge on any atom is -0.294 e. The number of aromatic nitrogens is 2. The van der Waals surface area contributed by atoms with Crippen molar-refractivity contribution in [2.45, 2.75) is 26.2 Å². The van der Waals surface area contributed by atoms with E-state index < -0.39 is 0 Å². The molecule has 2 heterocycles. The van der Waals surface area contributed by atoms with Crippen molar-refractivity contribution in [2.24, 2.45) is 0 Å². The van der Waals surface area contributed by atoms with E-state index in [2.05, 4.69) is 67.8 Å². The average molecular weight is 325 g/mol. The van der Waals surface area contributed by atoms with Crippen LogP contribution in [0.15, 0.2) is 60.7 Å². The van der Waals surface area contributed by atoms with E-state index >= 15 is 0 Å². The molecule has 0 saturated heterocycles. The van der Waals surface area contributed by atoms with Gasteiger partial charge in [-0.05, 0) is 24.3 Å². The summed E-state index contributed by atoms with van der Waals surface area (Å²) < 4.78 is 2.15. The first-order valence-corrected chi connectivity index (χ1v) is 8.40. The highest BCUT2D eigenvalue weighted by Crippen LogP contribution is 2.32. The third-order valence-corrected chi connectivity index (χ3v) is 4.52. The number of fused-ring (bicyclic) bond motifs is 3. The summed E-state index contributed by atoms with van der Waals surface area (Å²) in [5.74, 6) is 0.793. The molecule has 122 valence electrons. The quantitative estimate of drug-likeness (QED) is 0.473. The highest BCUT2D eigenvalue weighted by atomic mass is 15.1. The summed E-state index contributed by atoms with van der Waals surface area (Å²) in [7, 11) is 0. The van der Waals surface area contributed by atoms with Crippen LogP contribution < -0.4 is 0 Å². The van der Waals surface area contributed by atoms with Gasteiger partial charge in [0.1, 0.15) is 5.82 Å². The molecule has 25 heavy (non-hydrogen) atoms. The molecule has 0 N–H and O–H groups in total. The van der Waals surface area contributed by atoms with Gasteiger partial charge in [0.25, 0.3) is 0 Å². The monoisotopic (exact) mass is 325 g/mol. The summed E-state index contributed by atoms with van der Waals surface area (Å²) in [6.07, 6.45) is 0. The lowest BCUT2D eigenvalue weighted by atomic mass is 9.91. The third kappa shape index (κ3) is 2.47. The highest BCUT2D eigenvalue weighted by molar-refractivity contribution is 6.09. The normalized spacial score (nSPS) is 11.8. The number of pyridine rings is 1. The first-order valence-electron chi connectivity index (χ1n) is 8.40. The van der Waals surface area contributed by atoms with E-state index in [0.29, 0.717) is 5.56 Å². The fraction of sp³-hybridized carbons (Fsp3) is 0.182. The molecule has 0 amide bonds. The van der Waals surface area contributed by atoms with E-state index in [1.165, 1.54) is 10.8 Å². The molecule has 0 aliphatic heterocycles. The molecule has 4 rings (SSSR count). The topological polar surface area (TPSA) is 41.6 Å². The van der Waals surface area contributed by atoms with Crippen molar-refractivity contribution in [1.82, 2.24) is 9.55 Å². The van der Waals surface area contributed by atoms with Crippen LogP contribution in [0, 0.1) is 11.3 Å². The third-order valence-electron chi connectivity index (χ3n) is 4.52. The standard InChI is InChI=1S/C22H19N3/c1-22(2,3)20-12-15(14-23)13-21(24-20)25-18-10-6-4-8-16(18)17-9-5-7-11-19(17)25/h4-13H,1-3H3. The lowest BCUT2D eigenvalue weighted by Gasteiger charge is -2.19. The van der Waals surface area contributed by atoms with Crippen molar-refractivity contribution < 1.29 is 0 Å². The van der Waals surface area contributed by atoms with Crippen LogP contribution in [-0.2, 0) is 5.41 Å². The first-order chi connectivity index (χ1) is 12.0. The molecule has 0 fully saturated rings. The largest absolute Gasteiger partial charge is 0.294 e. The lowest BCUT2D eigenvalue weighted by molar-refractivity contribution is 0.567. The fourth-order valence-corrected chi connectivity index (χ4v) is 3.25. The van der Waals surface area contributed by atoms with Gasteiger partial charge in [0.15, 0.2) is 0 Å². The Morgan fingerprint density at radius 3 is 1.96 bits per heavy atom. The van der Waals surface area contributed by atoms with Gasteiger partial charge in [-0.25, -0.2) is 4.98 Å². The van der Waals surface area contributed by atoms with E-state index in [9.17, 15) is 5.26 Å². The molecule has 0 aliphatic carbocycles. The van der Waals surface area contributed by atoms with E-state index in [1.807, 2.05) is 24.3 Å². The van der Waals surface area contributed by atoms with Gasteiger partial charge in [-0.1, -0.05) is 57.2 Å². The smallest absolute Gasteiger partial charge is 0.139 e. The fourth-order valence-electron chi connectivity index (χ4n) is 3.25. The van der Waals surface area contributed by atoms with Gasteiger partial charge in [-0.3, -0.25) is 4.57 Å². The molecule has 0 unspecified atom stereocenters. The Labute approximate surface area is 147 Å². The summed E-state index contributed by atoms with van der Waals surface area (Å²) in [5.41, 5.74) is 3.64. The maximum Gasteiger partial charge on any atom is 0.139 e. The number of hydrogen-bond acceptors (Lipinski definition) is 2. The van der Waals surface area contributed by atoms with Crippen molar-refractivity contribution in [3.63, 3.8) is 0 Å². The average Bonchev–Trinajstić information content (AvgIpc) is 2.95. The predicted octanol–water partition coefficient (Wildman–Crippen LogP) is 5.35. The maximum atomic E-state index is 9.49. The van der Waals surface area contributed by atoms with Crippen molar-refractivity contribution in [3.05, 3.63) is 71.9 Å². The molecule has 3 nitrogen and oxygen atoms in total. The molecule has 0 aliphatic rings. The van der Waals surface area contributed by atoms with Crippen molar-refractivity contribution in [2.75, 3.05) is 0 Å². The molecular formula is C22H19N3. The molecule has 4 aromatic rings. The SMILES string of the molecule is CC(C)(C)c1cc(C#N)cc(-n2c3ccccc3c3ccccc32)n1. The number of nitrogens with zero attached hydrogens (tertiary/aromatic N) is 3. The minimum atomic E-state index is -0.125. The van der Waals surface area contributed by atoms with E-state index in [1.54, 1.807) is 0 Å². The number of para-hydroxylation sites is 2. The van der Waals surface area contributed by atoms with Crippen LogP contribution in [0.25, 0.3) is 27.6 Å². The Kier molecular flexibility index (Phi) is 3.36. The number of benzene rings is 2. The van der Waals surface area contributed by atoms with Gasteiger partial charge in [0, 0.05) is 21.9 Å². The zero-order valence-corrected chi connectivity index (χ0v) is 14.6. The van der Waals surface area contributed by atoms with Crippen molar-refractivity contribution >= 4 is 21.8 Å². The molecule has 2 aromatic carbocycles. The molecule has 0 saturated carbocycles. The van der Waals surface area contributed by atoms with Gasteiger partial charge in [-0.15, -0.1) is 0 Å². The van der Waals surface area contributed by atoms with Crippen LogP contribution in [-0.4, -0.2) is 9.55 Å². The van der Waals surface area contributed by atoms with Crippen LogP contribution in [0.4, 0.5) is 0 Å². The molecule has 0 spiro atoms. The summed E-state index contributed by atoms with van der Waals surface area (Å²) in [6, 6.07) is 22.7. The zero-order chi connectivity index (χ0) is 17.6. The Morgan fingerprint density at radius 1 is 0.880 bits per heavy atom. The van der Waals surface area contributed by atoms with E-state index in [-0.39, 0.29) is 5.41 Å². The highest BCUT2D eigenvalue weighted by Gasteiger charge is 2.19. The van der Waals surface area contributed by atoms with Crippen molar-refractivity contribution in [3.8, 4) is 11.9 Å². The molecule has 3 heteroatoms. The zero-order valence-electron chi connectivity index (χ0n) is 14.6. The summed E-state index contributed by atoms with van der Waals surface area (Å²) in [6.45, 7) is 6.35. The second-order valence-corrected chi connectivity index (χ2v) is 7.33. The first kappa shape index (κ1) is 15.4. The molecule has 0 atom stereocenters. The lowest BCUT2D eigenvalue weighted by Crippen LogP contribution is -2.15. The predicted molar refractivity (Wildman–Crippen MR) is 102 cm³/mol. The van der Waals surface area contributed by atoms with E-state index in [0.717, 1.165) is 22.5 Å². The molecule has 2 aromatic heterocycles. The van der Waals surface area contributed by atoms with Crippen LogP contribution in [0.3, 0.4) is 0 Å².